The third-order valence-electron chi connectivity index (χ3n) is 8.14. The maximum absolute atomic E-state index is 2.43. The molecule has 0 spiro atoms. The molecule has 4 aromatic carbocycles. The second kappa shape index (κ2) is 9.96. The van der Waals surface area contributed by atoms with Crippen LogP contribution in [0.5, 0.6) is 0 Å². The molecule has 0 N–H and O–H groups in total. The quantitative estimate of drug-likeness (QED) is 0.231. The van der Waals surface area contributed by atoms with Gasteiger partial charge in [0.05, 0.1) is 11.6 Å². The Morgan fingerprint density at radius 1 is 0.667 bits per heavy atom. The van der Waals surface area contributed by atoms with Crippen molar-refractivity contribution in [2.45, 2.75) is 31.7 Å². The van der Waals surface area contributed by atoms with Gasteiger partial charge < -0.3 is 9.47 Å². The molecule has 7 rings (SSSR count). The molecule has 0 fully saturated rings. The van der Waals surface area contributed by atoms with Crippen molar-refractivity contribution >= 4 is 28.4 Å². The number of fused-ring (bicyclic) bond motifs is 3. The molecule has 1 aromatic heterocycles. The van der Waals surface area contributed by atoms with E-state index in [1.165, 1.54) is 50.3 Å². The monoisotopic (exact) mass is 504 g/mol. The normalized spacial score (nSPS) is 17.9. The van der Waals surface area contributed by atoms with Gasteiger partial charge in [-0.1, -0.05) is 98.0 Å². The molecular formula is C37H32N2. The van der Waals surface area contributed by atoms with E-state index in [1.807, 2.05) is 0 Å². The van der Waals surface area contributed by atoms with Crippen LogP contribution in [0.4, 0.5) is 11.4 Å². The van der Waals surface area contributed by atoms with Gasteiger partial charge in [0.1, 0.15) is 0 Å². The number of benzene rings is 4. The van der Waals surface area contributed by atoms with Crippen molar-refractivity contribution < 1.29 is 0 Å². The number of anilines is 2. The summed E-state index contributed by atoms with van der Waals surface area (Å²) in [4.78, 5) is 2.43. The Balaban J connectivity index is 1.22. The number of hydrogen-bond donors (Lipinski definition) is 0. The van der Waals surface area contributed by atoms with Crippen molar-refractivity contribution in [3.05, 3.63) is 145 Å². The van der Waals surface area contributed by atoms with Crippen molar-refractivity contribution in [3.8, 4) is 16.8 Å². The molecule has 0 radical (unpaired) electrons. The number of nitrogens with zero attached hydrogens (tertiary/aromatic N) is 2. The zero-order valence-corrected chi connectivity index (χ0v) is 22.2. The lowest BCUT2D eigenvalue weighted by Crippen LogP contribution is -2.29. The van der Waals surface area contributed by atoms with Crippen molar-refractivity contribution in [1.82, 2.24) is 4.57 Å². The minimum atomic E-state index is 0.307. The molecule has 0 saturated carbocycles. The van der Waals surface area contributed by atoms with Gasteiger partial charge in [0, 0.05) is 28.1 Å². The van der Waals surface area contributed by atoms with Crippen LogP contribution in [-0.4, -0.2) is 10.6 Å². The first-order valence-electron chi connectivity index (χ1n) is 14.0. The minimum Gasteiger partial charge on any atom is -0.334 e. The SMILES string of the molecule is CC1CC=Cc2c1c1ccccc1n2-c1ccc(-c2ccc(N(c3ccccc3)C3C=CC=CC3)cc2)cc1. The largest absolute Gasteiger partial charge is 0.334 e. The summed E-state index contributed by atoms with van der Waals surface area (Å²) in [7, 11) is 0. The molecule has 5 aromatic rings. The molecule has 39 heavy (non-hydrogen) atoms. The predicted molar refractivity (Wildman–Crippen MR) is 166 cm³/mol. The first-order chi connectivity index (χ1) is 19.3. The summed E-state index contributed by atoms with van der Waals surface area (Å²) in [6, 6.07) is 37.9. The molecule has 2 aliphatic carbocycles. The Hall–Kier alpha value is -4.56. The summed E-state index contributed by atoms with van der Waals surface area (Å²) in [6.07, 6.45) is 15.6. The molecular weight excluding hydrogens is 472 g/mol. The van der Waals surface area contributed by atoms with E-state index >= 15 is 0 Å². The third-order valence-corrected chi connectivity index (χ3v) is 8.14. The first-order valence-corrected chi connectivity index (χ1v) is 14.0. The van der Waals surface area contributed by atoms with Crippen molar-refractivity contribution in [2.75, 3.05) is 4.90 Å². The number of aromatic nitrogens is 1. The van der Waals surface area contributed by atoms with Crippen molar-refractivity contribution in [1.29, 1.82) is 0 Å². The number of allylic oxidation sites excluding steroid dienone is 3. The summed E-state index contributed by atoms with van der Waals surface area (Å²) in [5.41, 5.74) is 10.2. The zero-order valence-electron chi connectivity index (χ0n) is 22.2. The third kappa shape index (κ3) is 4.23. The highest BCUT2D eigenvalue weighted by atomic mass is 15.2. The topological polar surface area (TPSA) is 8.17 Å². The Kier molecular flexibility index (Phi) is 6.01. The van der Waals surface area contributed by atoms with Crippen molar-refractivity contribution in [2.24, 2.45) is 0 Å². The zero-order chi connectivity index (χ0) is 26.2. The van der Waals surface area contributed by atoms with Crippen molar-refractivity contribution in [3.63, 3.8) is 0 Å². The highest BCUT2D eigenvalue weighted by Gasteiger charge is 2.23. The van der Waals surface area contributed by atoms with E-state index < -0.39 is 0 Å². The van der Waals surface area contributed by atoms with E-state index in [4.69, 9.17) is 0 Å². The molecule has 2 unspecified atom stereocenters. The molecule has 0 amide bonds. The van der Waals surface area contributed by atoms with E-state index in [-0.39, 0.29) is 0 Å². The number of hydrogen-bond acceptors (Lipinski definition) is 1. The molecule has 2 atom stereocenters. The average molecular weight is 505 g/mol. The standard InChI is InChI=1S/C37H32N2/c1-27-11-10-18-36-37(27)34-16-8-9-17-35(34)39(36)33-25-21-29(22-26-33)28-19-23-32(24-20-28)38(30-12-4-2-5-13-30)31-14-6-3-7-15-31/h2-10,12-14,16-27,31H,11,15H2,1H3. The Morgan fingerprint density at radius 3 is 2.10 bits per heavy atom. The Bertz CT molecular complexity index is 1700. The summed E-state index contributed by atoms with van der Waals surface area (Å²) in [5, 5.41) is 1.37. The van der Waals surface area contributed by atoms with Crippen LogP contribution in [0.2, 0.25) is 0 Å². The van der Waals surface area contributed by atoms with Crippen LogP contribution in [-0.2, 0) is 0 Å². The second-order valence-electron chi connectivity index (χ2n) is 10.6. The number of para-hydroxylation sites is 2. The second-order valence-corrected chi connectivity index (χ2v) is 10.6. The maximum atomic E-state index is 2.43. The van der Waals surface area contributed by atoms with Crippen LogP contribution in [0.3, 0.4) is 0 Å². The van der Waals surface area contributed by atoms with Crippen LogP contribution in [0.1, 0.15) is 36.9 Å². The van der Waals surface area contributed by atoms with Crippen LogP contribution >= 0.6 is 0 Å². The summed E-state index contributed by atoms with van der Waals surface area (Å²) in [5.74, 6) is 0.532. The minimum absolute atomic E-state index is 0.307. The van der Waals surface area contributed by atoms with Gasteiger partial charge in [-0.3, -0.25) is 0 Å². The van der Waals surface area contributed by atoms with Gasteiger partial charge in [0.25, 0.3) is 0 Å². The van der Waals surface area contributed by atoms with E-state index in [1.54, 1.807) is 0 Å². The van der Waals surface area contributed by atoms with Gasteiger partial charge in [-0.15, -0.1) is 0 Å². The van der Waals surface area contributed by atoms with Gasteiger partial charge in [-0.2, -0.15) is 0 Å². The van der Waals surface area contributed by atoms with Crippen LogP contribution in [0.15, 0.2) is 134 Å². The van der Waals surface area contributed by atoms with Crippen LogP contribution < -0.4 is 4.90 Å². The van der Waals surface area contributed by atoms with Gasteiger partial charge in [0.2, 0.25) is 0 Å². The Labute approximate surface area is 230 Å². The summed E-state index contributed by atoms with van der Waals surface area (Å²) in [6.45, 7) is 2.34. The molecule has 2 aliphatic rings. The molecule has 0 bridgehead atoms. The predicted octanol–water partition coefficient (Wildman–Crippen LogP) is 9.84. The summed E-state index contributed by atoms with van der Waals surface area (Å²) >= 11 is 0. The fourth-order valence-electron chi connectivity index (χ4n) is 6.24. The molecule has 0 saturated heterocycles. The highest BCUT2D eigenvalue weighted by molar-refractivity contribution is 5.91. The smallest absolute Gasteiger partial charge is 0.0559 e. The molecule has 2 heteroatoms. The van der Waals surface area contributed by atoms with E-state index in [9.17, 15) is 0 Å². The van der Waals surface area contributed by atoms with E-state index in [0.717, 1.165) is 12.8 Å². The Morgan fingerprint density at radius 2 is 1.36 bits per heavy atom. The maximum Gasteiger partial charge on any atom is 0.0559 e. The summed E-state index contributed by atoms with van der Waals surface area (Å²) < 4.78 is 2.42. The lowest BCUT2D eigenvalue weighted by molar-refractivity contribution is 0.773. The number of rotatable bonds is 5. The van der Waals surface area contributed by atoms with Crippen LogP contribution in [0.25, 0.3) is 33.8 Å². The molecule has 0 aliphatic heterocycles. The van der Waals surface area contributed by atoms with Crippen LogP contribution in [0, 0.1) is 0 Å². The van der Waals surface area contributed by atoms with E-state index in [2.05, 4.69) is 156 Å². The lowest BCUT2D eigenvalue weighted by atomic mass is 9.91. The van der Waals surface area contributed by atoms with E-state index in [0.29, 0.717) is 12.0 Å². The lowest BCUT2D eigenvalue weighted by Gasteiger charge is -2.32. The molecule has 2 nitrogen and oxygen atoms in total. The first kappa shape index (κ1) is 23.5. The van der Waals surface area contributed by atoms with Gasteiger partial charge in [-0.25, -0.2) is 0 Å². The fourth-order valence-corrected chi connectivity index (χ4v) is 6.24. The van der Waals surface area contributed by atoms with Gasteiger partial charge in [0.15, 0.2) is 0 Å². The average Bonchev–Trinajstić information content (AvgIpc) is 3.34. The van der Waals surface area contributed by atoms with Gasteiger partial charge >= 0.3 is 0 Å². The molecule has 1 heterocycles. The molecule has 190 valence electrons. The van der Waals surface area contributed by atoms with Gasteiger partial charge in [-0.05, 0) is 84.0 Å². The highest BCUT2D eigenvalue weighted by Crippen LogP contribution is 2.40. The fraction of sp³-hybridized carbons (Fsp3) is 0.135.